The van der Waals surface area contributed by atoms with E-state index in [0.717, 1.165) is 25.4 Å². The topological polar surface area (TPSA) is 48.7 Å². The van der Waals surface area contributed by atoms with Crippen LogP contribution >= 0.6 is 0 Å². The molecule has 2 unspecified atom stereocenters. The largest absolute Gasteiger partial charge is 0.467 e. The predicted molar refractivity (Wildman–Crippen MR) is 62.4 cm³/mol. The zero-order valence-electron chi connectivity index (χ0n) is 9.93. The molecule has 1 aromatic rings. The summed E-state index contributed by atoms with van der Waals surface area (Å²) in [6, 6.07) is 4.15. The van der Waals surface area contributed by atoms with Gasteiger partial charge in [0.1, 0.15) is 11.8 Å². The Morgan fingerprint density at radius 3 is 3.12 bits per heavy atom. The quantitative estimate of drug-likeness (QED) is 0.748. The molecular weight excluding hydrogens is 218 g/mol. The molecule has 1 N–H and O–H groups in total. The minimum absolute atomic E-state index is 0.0587. The van der Waals surface area contributed by atoms with Crippen molar-refractivity contribution in [1.82, 2.24) is 15.1 Å². The first-order valence-electron chi connectivity index (χ1n) is 5.99. The molecule has 0 spiro atoms. The Kier molecular flexibility index (Phi) is 2.64. The number of amides is 1. The highest BCUT2D eigenvalue weighted by Crippen LogP contribution is 2.29. The fourth-order valence-electron chi connectivity index (χ4n) is 2.85. The number of likely N-dealkylation sites (N-methyl/N-ethyl adjacent to an activating group) is 1. The standard InChI is InChI=1S/C12H17N3O2/c1-14-7-9-5-13-6-12(16)15(9)10(8-14)11-3-2-4-17-11/h2-4,9-10,13H,5-8H2,1H3. The van der Waals surface area contributed by atoms with Crippen molar-refractivity contribution in [2.75, 3.05) is 33.2 Å². The van der Waals surface area contributed by atoms with Crippen molar-refractivity contribution in [3.63, 3.8) is 0 Å². The summed E-state index contributed by atoms with van der Waals surface area (Å²) < 4.78 is 5.48. The summed E-state index contributed by atoms with van der Waals surface area (Å²) in [4.78, 5) is 16.3. The van der Waals surface area contributed by atoms with Crippen LogP contribution in [0.5, 0.6) is 0 Å². The third-order valence-electron chi connectivity index (χ3n) is 3.55. The van der Waals surface area contributed by atoms with Gasteiger partial charge in [0.15, 0.2) is 0 Å². The minimum Gasteiger partial charge on any atom is -0.467 e. The Morgan fingerprint density at radius 2 is 2.35 bits per heavy atom. The molecule has 1 aromatic heterocycles. The van der Waals surface area contributed by atoms with Crippen LogP contribution in [0.2, 0.25) is 0 Å². The third kappa shape index (κ3) is 1.85. The van der Waals surface area contributed by atoms with E-state index in [9.17, 15) is 4.79 Å². The Balaban J connectivity index is 1.91. The molecule has 3 heterocycles. The highest BCUT2D eigenvalue weighted by atomic mass is 16.3. The second-order valence-electron chi connectivity index (χ2n) is 4.84. The number of furan rings is 1. The number of piperazine rings is 2. The lowest BCUT2D eigenvalue weighted by molar-refractivity contribution is -0.142. The van der Waals surface area contributed by atoms with Crippen molar-refractivity contribution >= 4 is 5.91 Å². The maximum absolute atomic E-state index is 12.0. The van der Waals surface area contributed by atoms with Crippen LogP contribution < -0.4 is 5.32 Å². The summed E-state index contributed by atoms with van der Waals surface area (Å²) in [6.45, 7) is 3.08. The van der Waals surface area contributed by atoms with Crippen LogP contribution in [0.15, 0.2) is 22.8 Å². The van der Waals surface area contributed by atoms with Crippen LogP contribution in [0.1, 0.15) is 11.8 Å². The average molecular weight is 235 g/mol. The van der Waals surface area contributed by atoms with E-state index in [1.807, 2.05) is 17.0 Å². The van der Waals surface area contributed by atoms with Gasteiger partial charge >= 0.3 is 0 Å². The van der Waals surface area contributed by atoms with Gasteiger partial charge in [-0.1, -0.05) is 0 Å². The smallest absolute Gasteiger partial charge is 0.237 e. The molecular formula is C12H17N3O2. The maximum Gasteiger partial charge on any atom is 0.237 e. The number of hydrogen-bond donors (Lipinski definition) is 1. The normalized spacial score (nSPS) is 30.4. The molecule has 2 atom stereocenters. The highest BCUT2D eigenvalue weighted by molar-refractivity contribution is 5.80. The zero-order valence-corrected chi connectivity index (χ0v) is 9.93. The Bertz CT molecular complexity index is 404. The fourth-order valence-corrected chi connectivity index (χ4v) is 2.85. The first-order chi connectivity index (χ1) is 8.25. The molecule has 2 saturated heterocycles. The van der Waals surface area contributed by atoms with Crippen molar-refractivity contribution < 1.29 is 9.21 Å². The van der Waals surface area contributed by atoms with Gasteiger partial charge < -0.3 is 19.5 Å². The van der Waals surface area contributed by atoms with Crippen LogP contribution in [0.3, 0.4) is 0 Å². The number of rotatable bonds is 1. The molecule has 5 heteroatoms. The van der Waals surface area contributed by atoms with Crippen molar-refractivity contribution in [2.45, 2.75) is 12.1 Å². The van der Waals surface area contributed by atoms with Gasteiger partial charge in [-0.3, -0.25) is 4.79 Å². The van der Waals surface area contributed by atoms with E-state index >= 15 is 0 Å². The lowest BCUT2D eigenvalue weighted by Gasteiger charge is -2.47. The molecule has 5 nitrogen and oxygen atoms in total. The average Bonchev–Trinajstić information content (AvgIpc) is 2.81. The van der Waals surface area contributed by atoms with Gasteiger partial charge in [0.2, 0.25) is 5.91 Å². The molecule has 1 amide bonds. The van der Waals surface area contributed by atoms with E-state index in [-0.39, 0.29) is 18.0 Å². The number of fused-ring (bicyclic) bond motifs is 1. The monoisotopic (exact) mass is 235 g/mol. The van der Waals surface area contributed by atoms with E-state index in [2.05, 4.69) is 17.3 Å². The highest BCUT2D eigenvalue weighted by Gasteiger charge is 2.40. The van der Waals surface area contributed by atoms with E-state index < -0.39 is 0 Å². The van der Waals surface area contributed by atoms with E-state index in [1.165, 1.54) is 0 Å². The SMILES string of the molecule is CN1CC2CNCC(=O)N2C(c2ccco2)C1. The number of nitrogens with one attached hydrogen (secondary N) is 1. The number of nitrogens with zero attached hydrogens (tertiary/aromatic N) is 2. The first kappa shape index (κ1) is 10.8. The number of hydrogen-bond acceptors (Lipinski definition) is 4. The molecule has 2 fully saturated rings. The minimum atomic E-state index is 0.0587. The lowest BCUT2D eigenvalue weighted by atomic mass is 10.0. The number of carbonyl (C=O) groups excluding carboxylic acids is 1. The molecule has 0 saturated carbocycles. The van der Waals surface area contributed by atoms with Crippen molar-refractivity contribution in [1.29, 1.82) is 0 Å². The summed E-state index contributed by atoms with van der Waals surface area (Å²) in [7, 11) is 2.09. The van der Waals surface area contributed by atoms with E-state index in [4.69, 9.17) is 4.42 Å². The zero-order chi connectivity index (χ0) is 11.8. The molecule has 17 heavy (non-hydrogen) atoms. The van der Waals surface area contributed by atoms with Gasteiger partial charge in [0, 0.05) is 19.6 Å². The Hall–Kier alpha value is -1.33. The summed E-state index contributed by atoms with van der Waals surface area (Å²) in [5, 5.41) is 3.17. The summed E-state index contributed by atoms with van der Waals surface area (Å²) in [6.07, 6.45) is 1.67. The van der Waals surface area contributed by atoms with Crippen molar-refractivity contribution in [3.05, 3.63) is 24.2 Å². The van der Waals surface area contributed by atoms with Gasteiger partial charge in [-0.05, 0) is 19.2 Å². The second-order valence-corrected chi connectivity index (χ2v) is 4.84. The van der Waals surface area contributed by atoms with Crippen LogP contribution in [-0.2, 0) is 4.79 Å². The Morgan fingerprint density at radius 1 is 1.47 bits per heavy atom. The van der Waals surface area contributed by atoms with Crippen LogP contribution in [0.4, 0.5) is 0 Å². The molecule has 0 bridgehead atoms. The molecule has 0 radical (unpaired) electrons. The van der Waals surface area contributed by atoms with Crippen LogP contribution in [0, 0.1) is 0 Å². The molecule has 92 valence electrons. The number of carbonyl (C=O) groups is 1. The summed E-state index contributed by atoms with van der Waals surface area (Å²) in [5.41, 5.74) is 0. The van der Waals surface area contributed by atoms with Crippen molar-refractivity contribution in [2.24, 2.45) is 0 Å². The van der Waals surface area contributed by atoms with Gasteiger partial charge in [-0.15, -0.1) is 0 Å². The predicted octanol–water partition coefficient (Wildman–Crippen LogP) is 0.0665. The Labute approximate surface area is 100 Å². The summed E-state index contributed by atoms with van der Waals surface area (Å²) >= 11 is 0. The van der Waals surface area contributed by atoms with Crippen LogP contribution in [0.25, 0.3) is 0 Å². The lowest BCUT2D eigenvalue weighted by Crippen LogP contribution is -2.63. The molecule has 0 aromatic carbocycles. The van der Waals surface area contributed by atoms with Crippen molar-refractivity contribution in [3.8, 4) is 0 Å². The van der Waals surface area contributed by atoms with Gasteiger partial charge in [0.25, 0.3) is 0 Å². The molecule has 2 aliphatic heterocycles. The van der Waals surface area contributed by atoms with Gasteiger partial charge in [-0.25, -0.2) is 0 Å². The maximum atomic E-state index is 12.0. The summed E-state index contributed by atoms with van der Waals surface area (Å²) in [5.74, 6) is 1.06. The second kappa shape index (κ2) is 4.16. The van der Waals surface area contributed by atoms with E-state index in [0.29, 0.717) is 6.54 Å². The van der Waals surface area contributed by atoms with E-state index in [1.54, 1.807) is 6.26 Å². The van der Waals surface area contributed by atoms with Gasteiger partial charge in [0.05, 0.1) is 18.8 Å². The third-order valence-corrected chi connectivity index (χ3v) is 3.55. The first-order valence-corrected chi connectivity index (χ1v) is 5.99. The van der Waals surface area contributed by atoms with Gasteiger partial charge in [-0.2, -0.15) is 0 Å². The molecule has 3 rings (SSSR count). The van der Waals surface area contributed by atoms with Crippen LogP contribution in [-0.4, -0.2) is 55.0 Å². The molecule has 0 aliphatic carbocycles. The fraction of sp³-hybridized carbons (Fsp3) is 0.583. The molecule has 2 aliphatic rings.